The monoisotopic (exact) mass is 310 g/mol. The van der Waals surface area contributed by atoms with E-state index in [4.69, 9.17) is 30.0 Å². The summed E-state index contributed by atoms with van der Waals surface area (Å²) in [5.74, 6) is -1.29. The van der Waals surface area contributed by atoms with Crippen molar-refractivity contribution in [2.75, 3.05) is 13.2 Å². The van der Waals surface area contributed by atoms with E-state index in [9.17, 15) is 13.9 Å². The first kappa shape index (κ1) is 17.8. The number of Topliss-reactive ketones (excluding diaryl/α,β-unsaturated/α-hetero) is 1. The fraction of sp³-hybridized carbons (Fsp3) is 0.800. The Labute approximate surface area is 100 Å². The van der Waals surface area contributed by atoms with Crippen molar-refractivity contribution in [3.8, 4) is 0 Å². The minimum absolute atomic E-state index is 0.942. The van der Waals surface area contributed by atoms with Crippen molar-refractivity contribution in [2.24, 2.45) is 0 Å². The van der Waals surface area contributed by atoms with Gasteiger partial charge in [-0.15, -0.1) is 0 Å². The van der Waals surface area contributed by atoms with Crippen LogP contribution in [0.3, 0.4) is 0 Å². The number of rotatable bonds is 8. The summed E-state index contributed by atoms with van der Waals surface area (Å²) in [6.45, 7) is -2.20. The average Bonchev–Trinajstić information content (AvgIpc) is 2.20. The SMILES string of the molecule is O=C(COP(=O)(O)OP(=O)(O)O)[C@@H](O)[C@@H](O)CO. The van der Waals surface area contributed by atoms with Gasteiger partial charge in [-0.05, 0) is 0 Å². The van der Waals surface area contributed by atoms with Crippen LogP contribution in [0.2, 0.25) is 0 Å². The van der Waals surface area contributed by atoms with Gasteiger partial charge in [0, 0.05) is 0 Å². The third-order valence-electron chi connectivity index (χ3n) is 1.46. The maximum absolute atomic E-state index is 11.0. The Hall–Kier alpha value is -0.190. The van der Waals surface area contributed by atoms with E-state index in [1.165, 1.54) is 0 Å². The predicted molar refractivity (Wildman–Crippen MR) is 53.0 cm³/mol. The highest BCUT2D eigenvalue weighted by atomic mass is 31.3. The minimum atomic E-state index is -5.30. The number of phosphoric ester groups is 1. The van der Waals surface area contributed by atoms with Crippen molar-refractivity contribution in [2.45, 2.75) is 12.2 Å². The molecule has 6 N–H and O–H groups in total. The first-order chi connectivity index (χ1) is 7.98. The van der Waals surface area contributed by atoms with E-state index in [2.05, 4.69) is 8.83 Å². The predicted octanol–water partition coefficient (Wildman–Crippen LogP) is -2.50. The van der Waals surface area contributed by atoms with Crippen LogP contribution in [0.15, 0.2) is 0 Å². The molecule has 0 amide bonds. The second-order valence-corrected chi connectivity index (χ2v) is 5.80. The van der Waals surface area contributed by atoms with Gasteiger partial charge >= 0.3 is 15.6 Å². The highest BCUT2D eigenvalue weighted by Gasteiger charge is 2.34. The van der Waals surface area contributed by atoms with E-state index in [1.807, 2.05) is 0 Å². The average molecular weight is 310 g/mol. The second-order valence-electron chi connectivity index (χ2n) is 2.98. The molecule has 0 aromatic rings. The summed E-state index contributed by atoms with van der Waals surface area (Å²) in [5, 5.41) is 26.3. The fourth-order valence-electron chi connectivity index (χ4n) is 0.703. The second kappa shape index (κ2) is 6.83. The summed E-state index contributed by atoms with van der Waals surface area (Å²) >= 11 is 0. The van der Waals surface area contributed by atoms with Crippen LogP contribution < -0.4 is 0 Å². The molecule has 3 atom stereocenters. The molecule has 0 aliphatic carbocycles. The summed E-state index contributed by atoms with van der Waals surface area (Å²) < 4.78 is 28.3. The van der Waals surface area contributed by atoms with Gasteiger partial charge in [0.1, 0.15) is 18.8 Å². The number of hydrogen-bond donors (Lipinski definition) is 6. The van der Waals surface area contributed by atoms with Crippen LogP contribution >= 0.6 is 15.6 Å². The summed E-state index contributed by atoms with van der Waals surface area (Å²) in [5.41, 5.74) is 0. The van der Waals surface area contributed by atoms with Gasteiger partial charge in [0.25, 0.3) is 0 Å². The molecular weight excluding hydrogens is 298 g/mol. The minimum Gasteiger partial charge on any atom is -0.394 e. The quantitative estimate of drug-likeness (QED) is 0.259. The van der Waals surface area contributed by atoms with Crippen LogP contribution in [0.5, 0.6) is 0 Å². The molecule has 11 nitrogen and oxygen atoms in total. The third-order valence-corrected chi connectivity index (χ3v) is 3.59. The maximum atomic E-state index is 11.0. The molecule has 0 aliphatic rings. The lowest BCUT2D eigenvalue weighted by molar-refractivity contribution is -0.137. The number of hydrogen-bond acceptors (Lipinski definition) is 8. The maximum Gasteiger partial charge on any atom is 0.481 e. The molecule has 0 saturated heterocycles. The zero-order chi connectivity index (χ0) is 14.6. The number of carbonyl (C=O) groups is 1. The molecule has 0 aromatic carbocycles. The number of aliphatic hydroxyl groups excluding tert-OH is 3. The molecule has 0 aromatic heterocycles. The smallest absolute Gasteiger partial charge is 0.394 e. The molecule has 1 unspecified atom stereocenters. The molecule has 0 spiro atoms. The zero-order valence-electron chi connectivity index (χ0n) is 8.69. The Morgan fingerprint density at radius 3 is 2.06 bits per heavy atom. The van der Waals surface area contributed by atoms with Gasteiger partial charge in [0.2, 0.25) is 0 Å². The van der Waals surface area contributed by atoms with Crippen molar-refractivity contribution in [1.82, 2.24) is 0 Å². The molecule has 0 fully saturated rings. The van der Waals surface area contributed by atoms with Crippen LogP contribution in [-0.4, -0.2) is 61.2 Å². The van der Waals surface area contributed by atoms with Gasteiger partial charge < -0.3 is 30.0 Å². The number of phosphoric acid groups is 2. The fourth-order valence-corrected chi connectivity index (χ4v) is 2.26. The van der Waals surface area contributed by atoms with E-state index < -0.39 is 46.9 Å². The Morgan fingerprint density at radius 1 is 1.17 bits per heavy atom. The van der Waals surface area contributed by atoms with Gasteiger partial charge in [-0.2, -0.15) is 4.31 Å². The molecule has 0 bridgehead atoms. The van der Waals surface area contributed by atoms with Crippen LogP contribution in [0.25, 0.3) is 0 Å². The van der Waals surface area contributed by atoms with Gasteiger partial charge in [-0.25, -0.2) is 9.13 Å². The molecule has 0 radical (unpaired) electrons. The van der Waals surface area contributed by atoms with Crippen molar-refractivity contribution in [3.63, 3.8) is 0 Å². The summed E-state index contributed by atoms with van der Waals surface area (Å²) in [7, 11) is -10.5. The lowest BCUT2D eigenvalue weighted by Crippen LogP contribution is -2.38. The molecule has 13 heteroatoms. The van der Waals surface area contributed by atoms with E-state index in [0.29, 0.717) is 0 Å². The van der Waals surface area contributed by atoms with Gasteiger partial charge in [-0.1, -0.05) is 0 Å². The van der Waals surface area contributed by atoms with Crippen LogP contribution in [0.4, 0.5) is 0 Å². The Kier molecular flexibility index (Phi) is 6.75. The summed E-state index contributed by atoms with van der Waals surface area (Å²) in [4.78, 5) is 36.2. The standard InChI is InChI=1S/C5H12O11P2/c6-1-3(7)5(9)4(8)2-15-18(13,14)16-17(10,11)12/h3,5-7,9H,1-2H2,(H,13,14)(H2,10,11,12)/t3-,5-/m0/s1. The van der Waals surface area contributed by atoms with E-state index >= 15 is 0 Å². The molecular formula is C5H12O11P2. The molecule has 0 heterocycles. The molecule has 18 heavy (non-hydrogen) atoms. The first-order valence-corrected chi connectivity index (χ1v) is 7.25. The Balaban J connectivity index is 4.37. The van der Waals surface area contributed by atoms with Gasteiger partial charge in [0.15, 0.2) is 5.78 Å². The highest BCUT2D eigenvalue weighted by molar-refractivity contribution is 7.60. The molecule has 0 saturated carbocycles. The van der Waals surface area contributed by atoms with Crippen molar-refractivity contribution < 1.29 is 52.8 Å². The zero-order valence-corrected chi connectivity index (χ0v) is 10.5. The van der Waals surface area contributed by atoms with Crippen molar-refractivity contribution in [1.29, 1.82) is 0 Å². The summed E-state index contributed by atoms with van der Waals surface area (Å²) in [6.07, 6.45) is -3.90. The topological polar surface area (TPSA) is 191 Å². The van der Waals surface area contributed by atoms with Crippen LogP contribution in [0.1, 0.15) is 0 Å². The number of ketones is 1. The van der Waals surface area contributed by atoms with E-state index in [0.717, 1.165) is 0 Å². The number of carbonyl (C=O) groups excluding carboxylic acids is 1. The van der Waals surface area contributed by atoms with Crippen LogP contribution in [-0.2, 0) is 22.8 Å². The third kappa shape index (κ3) is 7.29. The molecule has 0 rings (SSSR count). The van der Waals surface area contributed by atoms with Crippen molar-refractivity contribution in [3.05, 3.63) is 0 Å². The normalized spacial score (nSPS) is 19.0. The van der Waals surface area contributed by atoms with E-state index in [1.54, 1.807) is 0 Å². The van der Waals surface area contributed by atoms with Gasteiger partial charge in [-0.3, -0.25) is 9.32 Å². The van der Waals surface area contributed by atoms with E-state index in [-0.39, 0.29) is 0 Å². The highest BCUT2D eigenvalue weighted by Crippen LogP contribution is 2.57. The first-order valence-electron chi connectivity index (χ1n) is 4.22. The summed E-state index contributed by atoms with van der Waals surface area (Å²) in [6, 6.07) is 0. The van der Waals surface area contributed by atoms with Crippen LogP contribution in [0, 0.1) is 0 Å². The lowest BCUT2D eigenvalue weighted by atomic mass is 10.1. The van der Waals surface area contributed by atoms with Crippen molar-refractivity contribution >= 4 is 21.4 Å². The van der Waals surface area contributed by atoms with Gasteiger partial charge in [0.05, 0.1) is 6.61 Å². The number of aliphatic hydroxyl groups is 3. The Bertz CT molecular complexity index is 374. The molecule has 0 aliphatic heterocycles. The molecule has 108 valence electrons. The largest absolute Gasteiger partial charge is 0.481 e. The lowest BCUT2D eigenvalue weighted by Gasteiger charge is -2.16. The Morgan fingerprint density at radius 2 is 1.67 bits per heavy atom.